The molecule has 0 bridgehead atoms. The number of rotatable bonds is 9. The molecule has 0 aromatic heterocycles. The largest absolute Gasteiger partial charge is 0.494 e. The minimum atomic E-state index is -0.110. The van der Waals surface area contributed by atoms with Crippen LogP contribution in [0.1, 0.15) is 51.2 Å². The number of ether oxygens (including phenoxy) is 2. The van der Waals surface area contributed by atoms with Gasteiger partial charge in [0, 0.05) is 43.7 Å². The summed E-state index contributed by atoms with van der Waals surface area (Å²) in [4.78, 5) is 7.21. The number of guanidine groups is 1. The lowest BCUT2D eigenvalue weighted by atomic mass is 10.1. The van der Waals surface area contributed by atoms with Crippen LogP contribution in [0.3, 0.4) is 0 Å². The first kappa shape index (κ1) is 22.7. The molecule has 1 unspecified atom stereocenters. The van der Waals surface area contributed by atoms with E-state index >= 15 is 0 Å². The minimum Gasteiger partial charge on any atom is -0.494 e. The highest BCUT2D eigenvalue weighted by Crippen LogP contribution is 2.35. The quantitative estimate of drug-likeness (QED) is 0.325. The van der Waals surface area contributed by atoms with Gasteiger partial charge in [-0.2, -0.15) is 0 Å². The number of fused-ring (bicyclic) bond motifs is 1. The van der Waals surface area contributed by atoms with E-state index in [-0.39, 0.29) is 12.2 Å². The van der Waals surface area contributed by atoms with Crippen LogP contribution in [0.4, 0.5) is 0 Å². The van der Waals surface area contributed by atoms with E-state index in [0.29, 0.717) is 13.2 Å². The van der Waals surface area contributed by atoms with Crippen LogP contribution in [0.15, 0.2) is 17.1 Å². The van der Waals surface area contributed by atoms with Gasteiger partial charge < -0.3 is 30.1 Å². The topological polar surface area (TPSA) is 78.4 Å². The van der Waals surface area contributed by atoms with Gasteiger partial charge in [-0.3, -0.25) is 0 Å². The van der Waals surface area contributed by atoms with Gasteiger partial charge in [0.2, 0.25) is 0 Å². The number of nitrogens with one attached hydrogen (secondary N) is 2. The maximum Gasteiger partial charge on any atom is 0.191 e. The van der Waals surface area contributed by atoms with Gasteiger partial charge >= 0.3 is 0 Å². The predicted molar refractivity (Wildman–Crippen MR) is 121 cm³/mol. The van der Waals surface area contributed by atoms with E-state index in [1.807, 2.05) is 6.92 Å². The molecule has 0 radical (unpaired) electrons. The van der Waals surface area contributed by atoms with E-state index in [0.717, 1.165) is 81.4 Å². The Hall–Kier alpha value is -1.99. The van der Waals surface area contributed by atoms with E-state index in [1.54, 1.807) is 0 Å². The molecular weight excluding hydrogens is 380 g/mol. The first-order chi connectivity index (χ1) is 14.6. The molecule has 3 N–H and O–H groups in total. The lowest BCUT2D eigenvalue weighted by Gasteiger charge is -2.29. The number of likely N-dealkylation sites (tertiary alicyclic amines) is 1. The number of aliphatic hydroxyl groups is 1. The third-order valence-electron chi connectivity index (χ3n) is 5.63. The summed E-state index contributed by atoms with van der Waals surface area (Å²) in [5.74, 6) is 2.69. The highest BCUT2D eigenvalue weighted by Gasteiger charge is 2.22. The Bertz CT molecular complexity index is 702. The fourth-order valence-electron chi connectivity index (χ4n) is 4.05. The van der Waals surface area contributed by atoms with Crippen molar-refractivity contribution in [3.8, 4) is 11.5 Å². The van der Waals surface area contributed by atoms with Crippen molar-refractivity contribution in [2.24, 2.45) is 4.99 Å². The number of nitrogens with zero attached hydrogens (tertiary/aromatic N) is 2. The summed E-state index contributed by atoms with van der Waals surface area (Å²) >= 11 is 0. The number of hydrogen-bond acceptors (Lipinski definition) is 5. The molecule has 30 heavy (non-hydrogen) atoms. The van der Waals surface area contributed by atoms with Gasteiger partial charge in [0.15, 0.2) is 5.96 Å². The van der Waals surface area contributed by atoms with Crippen LogP contribution in [0.25, 0.3) is 0 Å². The molecule has 2 aliphatic heterocycles. The molecule has 0 saturated carbocycles. The molecule has 0 aliphatic carbocycles. The van der Waals surface area contributed by atoms with Crippen LogP contribution in [-0.2, 0) is 13.0 Å². The van der Waals surface area contributed by atoms with E-state index in [2.05, 4.69) is 41.5 Å². The second kappa shape index (κ2) is 11.4. The molecule has 1 saturated heterocycles. The Kier molecular flexibility index (Phi) is 8.63. The van der Waals surface area contributed by atoms with E-state index in [9.17, 15) is 5.11 Å². The molecule has 0 spiro atoms. The molecule has 2 aliphatic rings. The Morgan fingerprint density at radius 3 is 2.80 bits per heavy atom. The van der Waals surface area contributed by atoms with Gasteiger partial charge in [0.05, 0.1) is 19.3 Å². The molecule has 1 fully saturated rings. The van der Waals surface area contributed by atoms with Crippen LogP contribution in [0.5, 0.6) is 11.5 Å². The Balaban J connectivity index is 1.54. The number of hydrogen-bond donors (Lipinski definition) is 3. The van der Waals surface area contributed by atoms with Crippen molar-refractivity contribution < 1.29 is 14.6 Å². The normalized spacial score (nSPS) is 20.0. The number of aliphatic imine (C=N–C) groups is 1. The van der Waals surface area contributed by atoms with Crippen molar-refractivity contribution >= 4 is 5.96 Å². The third-order valence-corrected chi connectivity index (χ3v) is 5.63. The summed E-state index contributed by atoms with van der Waals surface area (Å²) in [6.07, 6.45) is 3.87. The number of piperidine rings is 1. The van der Waals surface area contributed by atoms with Crippen molar-refractivity contribution in [3.05, 3.63) is 23.3 Å². The molecule has 3 rings (SSSR count). The van der Waals surface area contributed by atoms with Crippen molar-refractivity contribution in [2.45, 2.75) is 65.2 Å². The van der Waals surface area contributed by atoms with Crippen molar-refractivity contribution in [1.29, 1.82) is 0 Å². The van der Waals surface area contributed by atoms with E-state index < -0.39 is 0 Å². The molecule has 7 nitrogen and oxygen atoms in total. The van der Waals surface area contributed by atoms with Crippen LogP contribution in [0, 0.1) is 0 Å². The average Bonchev–Trinajstić information content (AvgIpc) is 3.09. The first-order valence-corrected chi connectivity index (χ1v) is 11.5. The molecule has 7 heteroatoms. The summed E-state index contributed by atoms with van der Waals surface area (Å²) in [6.45, 7) is 12.1. The Labute approximate surface area is 180 Å². The van der Waals surface area contributed by atoms with Crippen LogP contribution in [0.2, 0.25) is 0 Å². The molecule has 168 valence electrons. The standard InChI is InChI=1S/C23H38N4O3/c1-4-24-23(25-9-6-10-27-11-7-20(28)8-12-27)26-16-19-15-22-18(13-17(3)30-22)14-21(19)29-5-2/h14-15,17,20,28H,4-13,16H2,1-3H3,(H2,24,25,26). The van der Waals surface area contributed by atoms with E-state index in [4.69, 9.17) is 14.5 Å². The van der Waals surface area contributed by atoms with Crippen LogP contribution < -0.4 is 20.1 Å². The second-order valence-electron chi connectivity index (χ2n) is 8.18. The van der Waals surface area contributed by atoms with Gasteiger partial charge in [-0.05, 0) is 58.7 Å². The van der Waals surface area contributed by atoms with Gasteiger partial charge in [-0.1, -0.05) is 0 Å². The average molecular weight is 419 g/mol. The summed E-state index contributed by atoms with van der Waals surface area (Å²) in [7, 11) is 0. The van der Waals surface area contributed by atoms with E-state index in [1.165, 1.54) is 5.56 Å². The van der Waals surface area contributed by atoms with Crippen molar-refractivity contribution in [1.82, 2.24) is 15.5 Å². The fourth-order valence-corrected chi connectivity index (χ4v) is 4.05. The third kappa shape index (κ3) is 6.51. The first-order valence-electron chi connectivity index (χ1n) is 11.5. The Morgan fingerprint density at radius 2 is 2.07 bits per heavy atom. The molecule has 0 amide bonds. The van der Waals surface area contributed by atoms with Crippen molar-refractivity contribution in [3.63, 3.8) is 0 Å². The zero-order chi connectivity index (χ0) is 21.3. The summed E-state index contributed by atoms with van der Waals surface area (Å²) < 4.78 is 11.8. The minimum absolute atomic E-state index is 0.110. The SMILES string of the molecule is CCNC(=NCc1cc2c(cc1OCC)CC(C)O2)NCCCN1CCC(O)CC1. The van der Waals surface area contributed by atoms with Crippen LogP contribution in [-0.4, -0.2) is 67.5 Å². The van der Waals surface area contributed by atoms with Gasteiger partial charge in [0.1, 0.15) is 17.6 Å². The second-order valence-corrected chi connectivity index (χ2v) is 8.18. The van der Waals surface area contributed by atoms with Gasteiger partial charge in [-0.25, -0.2) is 4.99 Å². The molecule has 1 atom stereocenters. The van der Waals surface area contributed by atoms with Gasteiger partial charge in [-0.15, -0.1) is 0 Å². The Morgan fingerprint density at radius 1 is 1.27 bits per heavy atom. The highest BCUT2D eigenvalue weighted by atomic mass is 16.5. The van der Waals surface area contributed by atoms with Gasteiger partial charge in [0.25, 0.3) is 0 Å². The smallest absolute Gasteiger partial charge is 0.191 e. The zero-order valence-corrected chi connectivity index (χ0v) is 18.7. The monoisotopic (exact) mass is 418 g/mol. The zero-order valence-electron chi connectivity index (χ0n) is 18.7. The lowest BCUT2D eigenvalue weighted by molar-refractivity contribution is 0.0823. The van der Waals surface area contributed by atoms with Crippen molar-refractivity contribution in [2.75, 3.05) is 39.3 Å². The molecule has 1 aromatic carbocycles. The highest BCUT2D eigenvalue weighted by molar-refractivity contribution is 5.79. The fraction of sp³-hybridized carbons (Fsp3) is 0.696. The summed E-state index contributed by atoms with van der Waals surface area (Å²) in [5.41, 5.74) is 2.27. The number of benzene rings is 1. The summed E-state index contributed by atoms with van der Waals surface area (Å²) in [5, 5.41) is 16.4. The predicted octanol–water partition coefficient (Wildman–Crippen LogP) is 2.31. The summed E-state index contributed by atoms with van der Waals surface area (Å²) in [6, 6.07) is 4.20. The molecular formula is C23H38N4O3. The maximum atomic E-state index is 9.62. The number of aliphatic hydroxyl groups excluding tert-OH is 1. The maximum absolute atomic E-state index is 9.62. The lowest BCUT2D eigenvalue weighted by Crippen LogP contribution is -2.40. The molecule has 2 heterocycles. The molecule has 1 aromatic rings. The van der Waals surface area contributed by atoms with Crippen LogP contribution >= 0.6 is 0 Å².